The SMILES string of the molecule is C[C@H](NC(=O)c1cccc(S(=O)(=O)NCc2cccs2)c1)c1ccccc1F. The molecule has 0 saturated heterocycles. The highest BCUT2D eigenvalue weighted by molar-refractivity contribution is 7.89. The summed E-state index contributed by atoms with van der Waals surface area (Å²) in [6, 6.07) is 15.0. The second-order valence-corrected chi connectivity index (χ2v) is 8.95. The molecular formula is C20H19FN2O3S2. The lowest BCUT2D eigenvalue weighted by atomic mass is 10.1. The minimum absolute atomic E-state index is 0.00440. The van der Waals surface area contributed by atoms with E-state index in [1.54, 1.807) is 25.1 Å². The highest BCUT2D eigenvalue weighted by atomic mass is 32.2. The summed E-state index contributed by atoms with van der Waals surface area (Å²) in [5.41, 5.74) is 0.541. The molecule has 3 aromatic rings. The number of halogens is 1. The van der Waals surface area contributed by atoms with Crippen LogP contribution >= 0.6 is 11.3 Å². The summed E-state index contributed by atoms with van der Waals surface area (Å²) in [6.45, 7) is 1.85. The van der Waals surface area contributed by atoms with Gasteiger partial charge in [0, 0.05) is 22.5 Å². The number of hydrogen-bond acceptors (Lipinski definition) is 4. The third-order valence-corrected chi connectivity index (χ3v) is 6.42. The summed E-state index contributed by atoms with van der Waals surface area (Å²) in [6.07, 6.45) is 0. The second-order valence-electron chi connectivity index (χ2n) is 6.15. The van der Waals surface area contributed by atoms with Gasteiger partial charge in [-0.1, -0.05) is 30.3 Å². The Kier molecular flexibility index (Phi) is 6.23. The van der Waals surface area contributed by atoms with Gasteiger partial charge in [-0.25, -0.2) is 17.5 Å². The number of nitrogens with one attached hydrogen (secondary N) is 2. The predicted octanol–water partition coefficient (Wildman–Crippen LogP) is 3.86. The Morgan fingerprint density at radius 1 is 1.11 bits per heavy atom. The van der Waals surface area contributed by atoms with Gasteiger partial charge in [-0.15, -0.1) is 11.3 Å². The van der Waals surface area contributed by atoms with Crippen molar-refractivity contribution in [2.75, 3.05) is 0 Å². The molecule has 1 aromatic heterocycles. The lowest BCUT2D eigenvalue weighted by Crippen LogP contribution is -2.28. The number of thiophene rings is 1. The molecule has 0 aliphatic carbocycles. The fourth-order valence-corrected chi connectivity index (χ4v) is 4.44. The summed E-state index contributed by atoms with van der Waals surface area (Å²) >= 11 is 1.45. The van der Waals surface area contributed by atoms with Crippen LogP contribution in [0.25, 0.3) is 0 Å². The molecule has 28 heavy (non-hydrogen) atoms. The van der Waals surface area contributed by atoms with Crippen LogP contribution in [-0.2, 0) is 16.6 Å². The minimum atomic E-state index is -3.76. The Balaban J connectivity index is 1.73. The zero-order chi connectivity index (χ0) is 20.1. The molecule has 0 aliphatic rings. The molecule has 146 valence electrons. The van der Waals surface area contributed by atoms with Gasteiger partial charge in [0.05, 0.1) is 10.9 Å². The van der Waals surface area contributed by atoms with E-state index in [1.165, 1.54) is 41.7 Å². The Bertz CT molecular complexity index is 1070. The lowest BCUT2D eigenvalue weighted by Gasteiger charge is -2.15. The highest BCUT2D eigenvalue weighted by Crippen LogP contribution is 2.18. The maximum atomic E-state index is 13.9. The van der Waals surface area contributed by atoms with Crippen molar-refractivity contribution < 1.29 is 17.6 Å². The molecule has 0 unspecified atom stereocenters. The molecule has 0 aliphatic heterocycles. The van der Waals surface area contributed by atoms with E-state index in [1.807, 2.05) is 17.5 Å². The van der Waals surface area contributed by atoms with Crippen LogP contribution in [0.4, 0.5) is 4.39 Å². The van der Waals surface area contributed by atoms with Crippen LogP contribution in [0.15, 0.2) is 70.9 Å². The van der Waals surface area contributed by atoms with Gasteiger partial charge in [0.1, 0.15) is 5.82 Å². The lowest BCUT2D eigenvalue weighted by molar-refractivity contribution is 0.0939. The van der Waals surface area contributed by atoms with Gasteiger partial charge >= 0.3 is 0 Å². The normalized spacial score (nSPS) is 12.5. The third kappa shape index (κ3) is 4.83. The first-order valence-electron chi connectivity index (χ1n) is 8.54. The Morgan fingerprint density at radius 3 is 2.61 bits per heavy atom. The Labute approximate surface area is 167 Å². The van der Waals surface area contributed by atoms with Gasteiger partial charge < -0.3 is 5.32 Å². The first-order chi connectivity index (χ1) is 13.4. The summed E-state index contributed by atoms with van der Waals surface area (Å²) in [4.78, 5) is 13.4. The van der Waals surface area contributed by atoms with Crippen molar-refractivity contribution in [3.8, 4) is 0 Å². The van der Waals surface area contributed by atoms with Crippen LogP contribution in [0, 0.1) is 5.82 Å². The maximum absolute atomic E-state index is 13.9. The zero-order valence-corrected chi connectivity index (χ0v) is 16.7. The van der Waals surface area contributed by atoms with Crippen LogP contribution in [0.5, 0.6) is 0 Å². The average Bonchev–Trinajstić information content (AvgIpc) is 3.20. The maximum Gasteiger partial charge on any atom is 0.251 e. The molecule has 0 saturated carbocycles. The Morgan fingerprint density at radius 2 is 1.89 bits per heavy atom. The summed E-state index contributed by atoms with van der Waals surface area (Å²) in [5.74, 6) is -0.893. The molecule has 5 nitrogen and oxygen atoms in total. The molecule has 8 heteroatoms. The van der Waals surface area contributed by atoms with E-state index in [0.717, 1.165) is 4.88 Å². The number of rotatable bonds is 7. The number of sulfonamides is 1. The topological polar surface area (TPSA) is 75.3 Å². The largest absolute Gasteiger partial charge is 0.345 e. The predicted molar refractivity (Wildman–Crippen MR) is 107 cm³/mol. The summed E-state index contributed by atoms with van der Waals surface area (Å²) < 4.78 is 41.4. The van der Waals surface area contributed by atoms with Crippen LogP contribution < -0.4 is 10.0 Å². The second kappa shape index (κ2) is 8.64. The molecule has 2 aromatic carbocycles. The van der Waals surface area contributed by atoms with Crippen molar-refractivity contribution in [3.63, 3.8) is 0 Å². The molecule has 3 rings (SSSR count). The van der Waals surface area contributed by atoms with Gasteiger partial charge in [0.15, 0.2) is 0 Å². The van der Waals surface area contributed by atoms with E-state index in [4.69, 9.17) is 0 Å². The molecule has 1 atom stereocenters. The smallest absolute Gasteiger partial charge is 0.251 e. The van der Waals surface area contributed by atoms with Crippen molar-refractivity contribution in [2.24, 2.45) is 0 Å². The standard InChI is InChI=1S/C20H19FN2O3S2/c1-14(18-9-2-3-10-19(18)21)23-20(24)15-6-4-8-17(12-15)28(25,26)22-13-16-7-5-11-27-16/h2-12,14,22H,13H2,1H3,(H,23,24)/t14-/m0/s1. The quantitative estimate of drug-likeness (QED) is 0.612. The van der Waals surface area contributed by atoms with E-state index >= 15 is 0 Å². The van der Waals surface area contributed by atoms with Crippen LogP contribution in [0.2, 0.25) is 0 Å². The van der Waals surface area contributed by atoms with Gasteiger partial charge in [0.2, 0.25) is 10.0 Å². The minimum Gasteiger partial charge on any atom is -0.345 e. The van der Waals surface area contributed by atoms with Crippen molar-refractivity contribution in [1.82, 2.24) is 10.0 Å². The Hall–Kier alpha value is -2.55. The number of benzene rings is 2. The van der Waals surface area contributed by atoms with Gasteiger partial charge in [0.25, 0.3) is 5.91 Å². The molecule has 0 radical (unpaired) electrons. The molecule has 1 amide bonds. The van der Waals surface area contributed by atoms with E-state index in [-0.39, 0.29) is 17.0 Å². The fourth-order valence-electron chi connectivity index (χ4n) is 2.65. The monoisotopic (exact) mass is 418 g/mol. The van der Waals surface area contributed by atoms with Crippen LogP contribution in [0.3, 0.4) is 0 Å². The van der Waals surface area contributed by atoms with E-state index in [0.29, 0.717) is 5.56 Å². The number of amides is 1. The molecule has 0 spiro atoms. The van der Waals surface area contributed by atoms with E-state index in [9.17, 15) is 17.6 Å². The molecule has 0 fully saturated rings. The average molecular weight is 419 g/mol. The first kappa shape index (κ1) is 20.2. The van der Waals surface area contributed by atoms with E-state index < -0.39 is 27.8 Å². The third-order valence-electron chi connectivity index (χ3n) is 4.14. The molecule has 0 bridgehead atoms. The fraction of sp³-hybridized carbons (Fsp3) is 0.150. The van der Waals surface area contributed by atoms with Crippen LogP contribution in [0.1, 0.15) is 33.8 Å². The molecular weight excluding hydrogens is 399 g/mol. The number of carbonyl (C=O) groups is 1. The summed E-state index contributed by atoms with van der Waals surface area (Å²) in [5, 5.41) is 4.56. The van der Waals surface area contributed by atoms with Crippen LogP contribution in [-0.4, -0.2) is 14.3 Å². The highest BCUT2D eigenvalue weighted by Gasteiger charge is 2.18. The van der Waals surface area contributed by atoms with Gasteiger partial charge in [-0.2, -0.15) is 0 Å². The number of carbonyl (C=O) groups excluding carboxylic acids is 1. The molecule has 1 heterocycles. The first-order valence-corrected chi connectivity index (χ1v) is 10.9. The van der Waals surface area contributed by atoms with Gasteiger partial charge in [-0.3, -0.25) is 4.79 Å². The zero-order valence-electron chi connectivity index (χ0n) is 15.1. The number of hydrogen-bond donors (Lipinski definition) is 2. The summed E-state index contributed by atoms with van der Waals surface area (Å²) in [7, 11) is -3.76. The van der Waals surface area contributed by atoms with Crippen molar-refractivity contribution in [3.05, 3.63) is 87.9 Å². The van der Waals surface area contributed by atoms with Crippen molar-refractivity contribution in [2.45, 2.75) is 24.4 Å². The molecule has 2 N–H and O–H groups in total. The van der Waals surface area contributed by atoms with Gasteiger partial charge in [-0.05, 0) is 42.6 Å². The van der Waals surface area contributed by atoms with E-state index in [2.05, 4.69) is 10.0 Å². The van der Waals surface area contributed by atoms with Crippen molar-refractivity contribution in [1.29, 1.82) is 0 Å². The van der Waals surface area contributed by atoms with Crippen molar-refractivity contribution >= 4 is 27.3 Å².